The summed E-state index contributed by atoms with van der Waals surface area (Å²) in [6, 6.07) is 26.7. The largest absolute Gasteiger partial charge is 0.494 e. The average Bonchev–Trinajstić information content (AvgIpc) is 3.89. The van der Waals surface area contributed by atoms with Crippen LogP contribution in [0.5, 0.6) is 11.5 Å². The lowest BCUT2D eigenvalue weighted by Crippen LogP contribution is -2.51. The molecule has 5 aromatic rings. The molecule has 4 heterocycles. The molecule has 2 atom stereocenters. The molecule has 0 radical (unpaired) electrons. The second-order valence-corrected chi connectivity index (χ2v) is 11.8. The smallest absolute Gasteiger partial charge is 0.214 e. The summed E-state index contributed by atoms with van der Waals surface area (Å²) in [5, 5.41) is 2.40. The third kappa shape index (κ3) is 6.70. The number of benzene rings is 3. The summed E-state index contributed by atoms with van der Waals surface area (Å²) >= 11 is 0. The van der Waals surface area contributed by atoms with Crippen LogP contribution in [-0.4, -0.2) is 71.3 Å². The molecule has 7 rings (SSSR count). The van der Waals surface area contributed by atoms with E-state index in [4.69, 9.17) is 23.9 Å². The number of aromatic nitrogens is 4. The minimum absolute atomic E-state index is 0.236. The molecular weight excluding hydrogens is 592 g/mol. The fraction of sp³-hybridized carbons (Fsp3) is 0.351. The van der Waals surface area contributed by atoms with E-state index >= 15 is 0 Å². The van der Waals surface area contributed by atoms with Gasteiger partial charge in [-0.2, -0.15) is 0 Å². The van der Waals surface area contributed by atoms with Gasteiger partial charge in [0.2, 0.25) is 5.79 Å². The Morgan fingerprint density at radius 1 is 0.872 bits per heavy atom. The van der Waals surface area contributed by atoms with Crippen molar-refractivity contribution in [3.05, 3.63) is 115 Å². The molecule has 244 valence electrons. The van der Waals surface area contributed by atoms with Crippen molar-refractivity contribution >= 4 is 5.69 Å². The van der Waals surface area contributed by atoms with E-state index in [2.05, 4.69) is 62.9 Å². The lowest BCUT2D eigenvalue weighted by Gasteiger charge is -2.38. The van der Waals surface area contributed by atoms with Gasteiger partial charge in [-0.25, -0.2) is 14.6 Å². The summed E-state index contributed by atoms with van der Waals surface area (Å²) < 4.78 is 29.2. The Morgan fingerprint density at radius 2 is 1.70 bits per heavy atom. The third-order valence-corrected chi connectivity index (χ3v) is 8.82. The number of imidazole rings is 2. The van der Waals surface area contributed by atoms with Crippen LogP contribution in [0.3, 0.4) is 0 Å². The van der Waals surface area contributed by atoms with E-state index in [0.717, 1.165) is 60.9 Å². The highest BCUT2D eigenvalue weighted by atomic mass is 16.8. The third-order valence-electron chi connectivity index (χ3n) is 8.82. The van der Waals surface area contributed by atoms with Crippen molar-refractivity contribution in [3.63, 3.8) is 0 Å². The van der Waals surface area contributed by atoms with Crippen molar-refractivity contribution in [2.45, 2.75) is 38.7 Å². The molecule has 47 heavy (non-hydrogen) atoms. The van der Waals surface area contributed by atoms with Gasteiger partial charge in [-0.05, 0) is 49.7 Å². The zero-order valence-electron chi connectivity index (χ0n) is 27.1. The molecule has 2 saturated heterocycles. The second kappa shape index (κ2) is 13.9. The fourth-order valence-corrected chi connectivity index (χ4v) is 6.47. The van der Waals surface area contributed by atoms with Crippen molar-refractivity contribution < 1.29 is 18.9 Å². The number of anilines is 1. The zero-order valence-corrected chi connectivity index (χ0v) is 27.1. The molecule has 10 nitrogen and oxygen atoms in total. The van der Waals surface area contributed by atoms with Gasteiger partial charge in [0.25, 0.3) is 0 Å². The number of rotatable bonds is 12. The van der Waals surface area contributed by atoms with Crippen molar-refractivity contribution in [1.29, 1.82) is 0 Å². The van der Waals surface area contributed by atoms with Crippen LogP contribution in [0.1, 0.15) is 25.1 Å². The Hall–Kier alpha value is -4.80. The molecule has 2 aliphatic rings. The summed E-state index contributed by atoms with van der Waals surface area (Å²) in [4.78, 5) is 11.4. The van der Waals surface area contributed by atoms with Gasteiger partial charge in [-0.15, -0.1) is 0 Å². The SMILES string of the molecule is CCOc1cccc(C2(Cn3ccnc3)OCC(COc3ccc(N4CCN(n5cnc(-c6ccccc6)c5CC)CC4)cc3)O2)c1. The first-order chi connectivity index (χ1) is 23.1. The van der Waals surface area contributed by atoms with Crippen molar-refractivity contribution in [2.75, 3.05) is 55.9 Å². The molecule has 2 fully saturated rings. The Morgan fingerprint density at radius 3 is 2.45 bits per heavy atom. The summed E-state index contributed by atoms with van der Waals surface area (Å²) in [6.07, 6.45) is 8.11. The van der Waals surface area contributed by atoms with Gasteiger partial charge in [0.15, 0.2) is 0 Å². The first kappa shape index (κ1) is 30.8. The molecule has 2 aromatic heterocycles. The monoisotopic (exact) mass is 634 g/mol. The lowest BCUT2D eigenvalue weighted by atomic mass is 10.1. The summed E-state index contributed by atoms with van der Waals surface area (Å²) in [7, 11) is 0. The van der Waals surface area contributed by atoms with E-state index in [9.17, 15) is 0 Å². The Bertz CT molecular complexity index is 1720. The Kier molecular flexibility index (Phi) is 9.12. The van der Waals surface area contributed by atoms with E-state index in [1.165, 1.54) is 11.4 Å². The number of piperazine rings is 1. The van der Waals surface area contributed by atoms with Gasteiger partial charge in [0.05, 0.1) is 50.6 Å². The van der Waals surface area contributed by atoms with E-state index in [1.807, 2.05) is 66.5 Å². The van der Waals surface area contributed by atoms with Crippen molar-refractivity contribution in [1.82, 2.24) is 19.2 Å². The molecule has 0 N–H and O–H groups in total. The molecule has 3 aromatic carbocycles. The quantitative estimate of drug-likeness (QED) is 0.178. The fourth-order valence-electron chi connectivity index (χ4n) is 6.47. The molecule has 0 spiro atoms. The maximum atomic E-state index is 6.60. The van der Waals surface area contributed by atoms with Gasteiger partial charge >= 0.3 is 0 Å². The Labute approximate surface area is 276 Å². The highest BCUT2D eigenvalue weighted by molar-refractivity contribution is 5.62. The molecule has 0 bridgehead atoms. The summed E-state index contributed by atoms with van der Waals surface area (Å²) in [5.74, 6) is 0.625. The van der Waals surface area contributed by atoms with Gasteiger partial charge in [-0.1, -0.05) is 49.4 Å². The van der Waals surface area contributed by atoms with Gasteiger partial charge < -0.3 is 33.4 Å². The molecule has 0 aliphatic carbocycles. The number of hydrogen-bond donors (Lipinski definition) is 0. The maximum Gasteiger partial charge on any atom is 0.214 e. The van der Waals surface area contributed by atoms with Crippen LogP contribution in [0.4, 0.5) is 5.69 Å². The minimum Gasteiger partial charge on any atom is -0.494 e. The van der Waals surface area contributed by atoms with Crippen LogP contribution in [-0.2, 0) is 28.2 Å². The van der Waals surface area contributed by atoms with Crippen LogP contribution in [0.25, 0.3) is 11.3 Å². The first-order valence-corrected chi connectivity index (χ1v) is 16.5. The lowest BCUT2D eigenvalue weighted by molar-refractivity contribution is -0.189. The predicted molar refractivity (Wildman–Crippen MR) is 181 cm³/mol. The van der Waals surface area contributed by atoms with Crippen LogP contribution in [0.15, 0.2) is 104 Å². The van der Waals surface area contributed by atoms with E-state index in [0.29, 0.717) is 26.4 Å². The topological polar surface area (TPSA) is 79.0 Å². The molecule has 0 amide bonds. The standard InChI is InChI=1S/C37H42N6O4/c1-3-35-36(29-9-6-5-7-10-29)39-28-43(35)42-21-19-41(20-22-42)31-13-15-32(16-14-31)45-24-34-25-46-37(47-34,26-40-18-17-38-27-40)30-11-8-12-33(23-30)44-4-2/h5-18,23,27-28,34H,3-4,19-22,24-26H2,1-2H3. The van der Waals surface area contributed by atoms with Crippen molar-refractivity contribution in [3.8, 4) is 22.8 Å². The van der Waals surface area contributed by atoms with Crippen molar-refractivity contribution in [2.24, 2.45) is 0 Å². The van der Waals surface area contributed by atoms with E-state index in [1.54, 1.807) is 12.5 Å². The Balaban J connectivity index is 0.952. The molecular formula is C37H42N6O4. The minimum atomic E-state index is -0.967. The highest BCUT2D eigenvalue weighted by Gasteiger charge is 2.44. The van der Waals surface area contributed by atoms with Gasteiger partial charge in [0, 0.05) is 42.3 Å². The average molecular weight is 635 g/mol. The number of ether oxygens (including phenoxy) is 4. The van der Waals surface area contributed by atoms with E-state index < -0.39 is 5.79 Å². The number of nitrogens with zero attached hydrogens (tertiary/aromatic N) is 6. The normalized spacial score (nSPS) is 19.7. The molecule has 2 unspecified atom stereocenters. The van der Waals surface area contributed by atoms with Crippen LogP contribution in [0, 0.1) is 0 Å². The van der Waals surface area contributed by atoms with E-state index in [-0.39, 0.29) is 6.10 Å². The van der Waals surface area contributed by atoms with Crippen LogP contribution >= 0.6 is 0 Å². The second-order valence-electron chi connectivity index (χ2n) is 11.8. The van der Waals surface area contributed by atoms with Gasteiger partial charge in [0.1, 0.15) is 30.5 Å². The maximum absolute atomic E-state index is 6.60. The first-order valence-electron chi connectivity index (χ1n) is 16.5. The molecule has 2 aliphatic heterocycles. The summed E-state index contributed by atoms with van der Waals surface area (Å²) in [6.45, 7) is 9.73. The zero-order chi connectivity index (χ0) is 32.1. The van der Waals surface area contributed by atoms with Gasteiger partial charge in [-0.3, -0.25) is 0 Å². The summed E-state index contributed by atoms with van der Waals surface area (Å²) in [5.41, 5.74) is 5.58. The van der Waals surface area contributed by atoms with Crippen LogP contribution < -0.4 is 19.4 Å². The highest BCUT2D eigenvalue weighted by Crippen LogP contribution is 2.38. The molecule has 10 heteroatoms. The number of hydrogen-bond acceptors (Lipinski definition) is 8. The predicted octanol–water partition coefficient (Wildman–Crippen LogP) is 5.51. The molecule has 0 saturated carbocycles. The van der Waals surface area contributed by atoms with Crippen LogP contribution in [0.2, 0.25) is 0 Å².